The number of benzene rings is 1. The van der Waals surface area contributed by atoms with Gasteiger partial charge in [-0.2, -0.15) is 5.10 Å². The zero-order valence-corrected chi connectivity index (χ0v) is 14.9. The molecule has 1 aromatic carbocycles. The van der Waals surface area contributed by atoms with Crippen LogP contribution in [0.1, 0.15) is 19.2 Å². The average molecular weight is 363 g/mol. The Kier molecular flexibility index (Phi) is 5.65. The summed E-state index contributed by atoms with van der Waals surface area (Å²) in [6, 6.07) is 3.81. The predicted octanol–water partition coefficient (Wildman–Crippen LogP) is 1.43. The SMILES string of the molecule is CCNC(=NCc1ncnn1C)NC1CCN(c2ccc(F)cc2F)C1. The van der Waals surface area contributed by atoms with Crippen LogP contribution in [0.3, 0.4) is 0 Å². The van der Waals surface area contributed by atoms with Crippen LogP contribution in [0.5, 0.6) is 0 Å². The first-order valence-corrected chi connectivity index (χ1v) is 8.64. The molecule has 1 fully saturated rings. The molecule has 1 aliphatic heterocycles. The predicted molar refractivity (Wildman–Crippen MR) is 95.9 cm³/mol. The Balaban J connectivity index is 1.62. The monoisotopic (exact) mass is 363 g/mol. The highest BCUT2D eigenvalue weighted by Crippen LogP contribution is 2.24. The lowest BCUT2D eigenvalue weighted by Gasteiger charge is -2.21. The van der Waals surface area contributed by atoms with Gasteiger partial charge in [-0.3, -0.25) is 4.68 Å². The molecule has 0 amide bonds. The Labute approximate surface area is 151 Å². The van der Waals surface area contributed by atoms with Crippen LogP contribution in [0, 0.1) is 11.6 Å². The highest BCUT2D eigenvalue weighted by atomic mass is 19.1. The van der Waals surface area contributed by atoms with Crippen molar-refractivity contribution in [2.75, 3.05) is 24.5 Å². The molecule has 2 heterocycles. The number of guanidine groups is 1. The fraction of sp³-hybridized carbons (Fsp3) is 0.471. The summed E-state index contributed by atoms with van der Waals surface area (Å²) in [5.41, 5.74) is 0.428. The van der Waals surface area contributed by atoms with Crippen LogP contribution in [0.2, 0.25) is 0 Å². The van der Waals surface area contributed by atoms with Gasteiger partial charge >= 0.3 is 0 Å². The Morgan fingerprint density at radius 3 is 2.92 bits per heavy atom. The number of nitrogens with one attached hydrogen (secondary N) is 2. The lowest BCUT2D eigenvalue weighted by atomic mass is 10.2. The highest BCUT2D eigenvalue weighted by Gasteiger charge is 2.25. The maximum atomic E-state index is 14.0. The molecule has 26 heavy (non-hydrogen) atoms. The number of anilines is 1. The molecule has 0 aliphatic carbocycles. The molecule has 1 saturated heterocycles. The molecule has 3 rings (SSSR count). The Morgan fingerprint density at radius 1 is 1.38 bits per heavy atom. The Morgan fingerprint density at radius 2 is 2.23 bits per heavy atom. The summed E-state index contributed by atoms with van der Waals surface area (Å²) in [6.07, 6.45) is 2.34. The molecule has 0 spiro atoms. The highest BCUT2D eigenvalue weighted by molar-refractivity contribution is 5.80. The van der Waals surface area contributed by atoms with Gasteiger partial charge in [0.25, 0.3) is 0 Å². The second kappa shape index (κ2) is 8.11. The van der Waals surface area contributed by atoms with Crippen molar-refractivity contribution in [2.24, 2.45) is 12.0 Å². The first-order chi connectivity index (χ1) is 12.6. The molecule has 0 bridgehead atoms. The van der Waals surface area contributed by atoms with E-state index in [1.54, 1.807) is 4.68 Å². The zero-order chi connectivity index (χ0) is 18.5. The van der Waals surface area contributed by atoms with Gasteiger partial charge in [-0.1, -0.05) is 0 Å². The van der Waals surface area contributed by atoms with E-state index in [4.69, 9.17) is 0 Å². The largest absolute Gasteiger partial charge is 0.367 e. The van der Waals surface area contributed by atoms with Gasteiger partial charge in [0, 0.05) is 38.8 Å². The number of hydrogen-bond acceptors (Lipinski definition) is 4. The fourth-order valence-electron chi connectivity index (χ4n) is 2.96. The summed E-state index contributed by atoms with van der Waals surface area (Å²) in [7, 11) is 1.82. The molecule has 1 atom stereocenters. The van der Waals surface area contributed by atoms with Crippen molar-refractivity contribution in [1.82, 2.24) is 25.4 Å². The molecule has 1 aliphatic rings. The maximum Gasteiger partial charge on any atom is 0.191 e. The summed E-state index contributed by atoms with van der Waals surface area (Å²) < 4.78 is 28.7. The van der Waals surface area contributed by atoms with Crippen molar-refractivity contribution >= 4 is 11.6 Å². The van der Waals surface area contributed by atoms with E-state index in [2.05, 4.69) is 25.7 Å². The molecule has 2 N–H and O–H groups in total. The van der Waals surface area contributed by atoms with Crippen LogP contribution in [0.25, 0.3) is 0 Å². The van der Waals surface area contributed by atoms with Crippen LogP contribution in [-0.2, 0) is 13.6 Å². The molecule has 1 aromatic heterocycles. The van der Waals surface area contributed by atoms with E-state index < -0.39 is 11.6 Å². The topological polar surface area (TPSA) is 70.4 Å². The van der Waals surface area contributed by atoms with E-state index in [9.17, 15) is 8.78 Å². The van der Waals surface area contributed by atoms with Gasteiger partial charge in [0.2, 0.25) is 0 Å². The van der Waals surface area contributed by atoms with Gasteiger partial charge in [0.15, 0.2) is 5.96 Å². The second-order valence-electron chi connectivity index (χ2n) is 6.17. The van der Waals surface area contributed by atoms with Crippen LogP contribution in [0.4, 0.5) is 14.5 Å². The number of aromatic nitrogens is 3. The van der Waals surface area contributed by atoms with Crippen LogP contribution < -0.4 is 15.5 Å². The van der Waals surface area contributed by atoms with Crippen molar-refractivity contribution in [3.63, 3.8) is 0 Å². The molecule has 0 saturated carbocycles. The third-order valence-corrected chi connectivity index (χ3v) is 4.31. The summed E-state index contributed by atoms with van der Waals surface area (Å²) >= 11 is 0. The van der Waals surface area contributed by atoms with Crippen molar-refractivity contribution in [3.05, 3.63) is 42.0 Å². The maximum absolute atomic E-state index is 14.0. The van der Waals surface area contributed by atoms with Gasteiger partial charge < -0.3 is 15.5 Å². The zero-order valence-electron chi connectivity index (χ0n) is 14.9. The van der Waals surface area contributed by atoms with E-state index in [1.165, 1.54) is 18.5 Å². The third kappa shape index (κ3) is 4.27. The number of hydrogen-bond donors (Lipinski definition) is 2. The van der Waals surface area contributed by atoms with Crippen molar-refractivity contribution in [2.45, 2.75) is 25.9 Å². The first-order valence-electron chi connectivity index (χ1n) is 8.64. The molecule has 140 valence electrons. The van der Waals surface area contributed by atoms with Gasteiger partial charge in [-0.15, -0.1) is 0 Å². The molecule has 7 nitrogen and oxygen atoms in total. The minimum absolute atomic E-state index is 0.122. The van der Waals surface area contributed by atoms with E-state index in [0.29, 0.717) is 31.3 Å². The Hall–Kier alpha value is -2.71. The number of aliphatic imine (C=N–C) groups is 1. The first kappa shape index (κ1) is 18.1. The number of halogens is 2. The average Bonchev–Trinajstić information content (AvgIpc) is 3.22. The van der Waals surface area contributed by atoms with Crippen LogP contribution in [-0.4, -0.2) is 46.4 Å². The number of rotatable bonds is 5. The summed E-state index contributed by atoms with van der Waals surface area (Å²) in [5.74, 6) is 0.351. The van der Waals surface area contributed by atoms with E-state index in [0.717, 1.165) is 24.9 Å². The Bertz CT molecular complexity index is 774. The number of nitrogens with zero attached hydrogens (tertiary/aromatic N) is 5. The lowest BCUT2D eigenvalue weighted by Crippen LogP contribution is -2.44. The minimum atomic E-state index is -0.564. The molecule has 0 radical (unpaired) electrons. The number of aryl methyl sites for hydroxylation is 1. The smallest absolute Gasteiger partial charge is 0.191 e. The summed E-state index contributed by atoms with van der Waals surface area (Å²) in [5, 5.41) is 10.6. The van der Waals surface area contributed by atoms with Crippen molar-refractivity contribution in [1.29, 1.82) is 0 Å². The van der Waals surface area contributed by atoms with E-state index in [-0.39, 0.29) is 6.04 Å². The molecule has 2 aromatic rings. The molecule has 1 unspecified atom stereocenters. The van der Waals surface area contributed by atoms with Gasteiger partial charge in [0.05, 0.1) is 5.69 Å². The van der Waals surface area contributed by atoms with E-state index in [1.807, 2.05) is 18.9 Å². The summed E-state index contributed by atoms with van der Waals surface area (Å²) in [6.45, 7) is 4.46. The molecular formula is C17H23F2N7. The normalized spacial score (nSPS) is 17.6. The van der Waals surface area contributed by atoms with Crippen LogP contribution in [0.15, 0.2) is 29.5 Å². The van der Waals surface area contributed by atoms with Crippen LogP contribution >= 0.6 is 0 Å². The summed E-state index contributed by atoms with van der Waals surface area (Å²) in [4.78, 5) is 10.6. The molecular weight excluding hydrogens is 340 g/mol. The second-order valence-corrected chi connectivity index (χ2v) is 6.17. The standard InChI is InChI=1S/C17H23F2N7/c1-3-20-17(21-9-16-22-11-23-25(16)2)24-13-6-7-26(10-13)15-5-4-12(18)8-14(15)19/h4-5,8,11,13H,3,6-7,9-10H2,1-2H3,(H2,20,21,24). The quantitative estimate of drug-likeness (QED) is 0.621. The molecule has 9 heteroatoms. The van der Waals surface area contributed by atoms with Gasteiger partial charge in [0.1, 0.15) is 30.3 Å². The van der Waals surface area contributed by atoms with Crippen molar-refractivity contribution < 1.29 is 8.78 Å². The lowest BCUT2D eigenvalue weighted by molar-refractivity contribution is 0.580. The van der Waals surface area contributed by atoms with Crippen molar-refractivity contribution in [3.8, 4) is 0 Å². The fourth-order valence-corrected chi connectivity index (χ4v) is 2.96. The van der Waals surface area contributed by atoms with E-state index >= 15 is 0 Å². The van der Waals surface area contributed by atoms with Gasteiger partial charge in [-0.05, 0) is 25.5 Å². The third-order valence-electron chi connectivity index (χ3n) is 4.31. The van der Waals surface area contributed by atoms with Gasteiger partial charge in [-0.25, -0.2) is 18.8 Å². The minimum Gasteiger partial charge on any atom is -0.367 e.